The van der Waals surface area contributed by atoms with Crippen LogP contribution in [0.2, 0.25) is 0 Å². The van der Waals surface area contributed by atoms with E-state index in [1.807, 2.05) is 38.1 Å². The van der Waals surface area contributed by atoms with E-state index in [9.17, 15) is 9.90 Å². The Bertz CT molecular complexity index is 393. The molecule has 0 aliphatic heterocycles. The molecule has 0 aliphatic carbocycles. The van der Waals surface area contributed by atoms with E-state index in [0.29, 0.717) is 18.9 Å². The van der Waals surface area contributed by atoms with Crippen LogP contribution in [-0.4, -0.2) is 29.5 Å². The van der Waals surface area contributed by atoms with Crippen molar-refractivity contribution < 1.29 is 9.90 Å². The van der Waals surface area contributed by atoms with Crippen LogP contribution in [0.25, 0.3) is 0 Å². The van der Waals surface area contributed by atoms with E-state index in [4.69, 9.17) is 11.6 Å². The molecule has 0 saturated heterocycles. The molecule has 1 amide bonds. The molecule has 1 rings (SSSR count). The molecule has 0 fully saturated rings. The minimum absolute atomic E-state index is 0.0215. The van der Waals surface area contributed by atoms with Crippen molar-refractivity contribution in [3.05, 3.63) is 24.3 Å². The average Bonchev–Trinajstić information content (AvgIpc) is 2.36. The molecule has 0 spiro atoms. The van der Waals surface area contributed by atoms with Crippen LogP contribution >= 0.6 is 11.6 Å². The lowest BCUT2D eigenvalue weighted by molar-refractivity contribution is -0.116. The van der Waals surface area contributed by atoms with Gasteiger partial charge in [0, 0.05) is 24.3 Å². The fourth-order valence-electron chi connectivity index (χ4n) is 1.54. The standard InChI is InChI=1S/C14H21ClN2O2/c1-10(2)7-14(19)17-12-5-3-11(4-6-12)16-9-13(18)8-15/h3-6,10,13,16,18H,7-9H2,1-2H3,(H,17,19). The summed E-state index contributed by atoms with van der Waals surface area (Å²) in [6, 6.07) is 7.36. The van der Waals surface area contributed by atoms with Gasteiger partial charge in [0.05, 0.1) is 12.0 Å². The maximum absolute atomic E-state index is 11.6. The van der Waals surface area contributed by atoms with Crippen LogP contribution in [0.4, 0.5) is 11.4 Å². The predicted octanol–water partition coefficient (Wildman–Crippen LogP) is 2.68. The summed E-state index contributed by atoms with van der Waals surface area (Å²) in [6.45, 7) is 4.42. The Morgan fingerprint density at radius 3 is 2.37 bits per heavy atom. The fraction of sp³-hybridized carbons (Fsp3) is 0.500. The monoisotopic (exact) mass is 284 g/mol. The van der Waals surface area contributed by atoms with Crippen molar-refractivity contribution in [1.29, 1.82) is 0 Å². The Morgan fingerprint density at radius 1 is 1.26 bits per heavy atom. The number of anilines is 2. The van der Waals surface area contributed by atoms with Crippen LogP contribution in [0.3, 0.4) is 0 Å². The number of aliphatic hydroxyl groups is 1. The van der Waals surface area contributed by atoms with Gasteiger partial charge in [-0.15, -0.1) is 11.6 Å². The van der Waals surface area contributed by atoms with Crippen molar-refractivity contribution in [2.24, 2.45) is 5.92 Å². The van der Waals surface area contributed by atoms with Crippen molar-refractivity contribution in [2.45, 2.75) is 26.4 Å². The normalized spacial score (nSPS) is 12.3. The number of rotatable bonds is 7. The summed E-state index contributed by atoms with van der Waals surface area (Å²) in [6.07, 6.45) is -0.0471. The molecule has 0 radical (unpaired) electrons. The summed E-state index contributed by atoms with van der Waals surface area (Å²) < 4.78 is 0. The Balaban J connectivity index is 2.45. The van der Waals surface area contributed by atoms with E-state index < -0.39 is 6.10 Å². The molecule has 1 aromatic rings. The third-order valence-corrected chi connectivity index (χ3v) is 2.84. The van der Waals surface area contributed by atoms with E-state index in [0.717, 1.165) is 11.4 Å². The maximum atomic E-state index is 11.6. The zero-order valence-electron chi connectivity index (χ0n) is 11.3. The zero-order valence-corrected chi connectivity index (χ0v) is 12.1. The maximum Gasteiger partial charge on any atom is 0.224 e. The number of alkyl halides is 1. The van der Waals surface area contributed by atoms with Crippen molar-refractivity contribution >= 4 is 28.9 Å². The van der Waals surface area contributed by atoms with E-state index in [-0.39, 0.29) is 11.8 Å². The van der Waals surface area contributed by atoms with Gasteiger partial charge < -0.3 is 15.7 Å². The highest BCUT2D eigenvalue weighted by Crippen LogP contribution is 2.14. The van der Waals surface area contributed by atoms with Gasteiger partial charge in [0.25, 0.3) is 0 Å². The molecule has 0 heterocycles. The number of aliphatic hydroxyl groups excluding tert-OH is 1. The Kier molecular flexibility index (Phi) is 6.67. The van der Waals surface area contributed by atoms with Gasteiger partial charge in [-0.1, -0.05) is 13.8 Å². The van der Waals surface area contributed by atoms with Gasteiger partial charge >= 0.3 is 0 Å². The second-order valence-corrected chi connectivity index (χ2v) is 5.22. The van der Waals surface area contributed by atoms with Crippen LogP contribution in [0.5, 0.6) is 0 Å². The molecule has 1 aromatic carbocycles. The first-order valence-corrected chi connectivity index (χ1v) is 6.92. The van der Waals surface area contributed by atoms with Crippen LogP contribution in [0.1, 0.15) is 20.3 Å². The molecule has 5 heteroatoms. The number of amides is 1. The van der Waals surface area contributed by atoms with E-state index in [2.05, 4.69) is 10.6 Å². The summed E-state index contributed by atoms with van der Waals surface area (Å²) in [5.74, 6) is 0.572. The molecule has 106 valence electrons. The van der Waals surface area contributed by atoms with E-state index in [1.54, 1.807) is 0 Å². The molecule has 4 nitrogen and oxygen atoms in total. The largest absolute Gasteiger partial charge is 0.390 e. The Labute approximate surface area is 119 Å². The molecule has 0 saturated carbocycles. The van der Waals surface area contributed by atoms with Gasteiger partial charge in [0.15, 0.2) is 0 Å². The molecule has 0 aliphatic rings. The van der Waals surface area contributed by atoms with Crippen molar-refractivity contribution in [3.8, 4) is 0 Å². The molecule has 0 aromatic heterocycles. The molecule has 1 atom stereocenters. The van der Waals surface area contributed by atoms with E-state index in [1.165, 1.54) is 0 Å². The number of hydrogen-bond acceptors (Lipinski definition) is 3. The second kappa shape index (κ2) is 8.02. The van der Waals surface area contributed by atoms with Gasteiger partial charge in [-0.2, -0.15) is 0 Å². The van der Waals surface area contributed by atoms with Crippen LogP contribution in [0.15, 0.2) is 24.3 Å². The van der Waals surface area contributed by atoms with Gasteiger partial charge in [0.2, 0.25) is 5.91 Å². The molecule has 3 N–H and O–H groups in total. The molecular weight excluding hydrogens is 264 g/mol. The van der Waals surface area contributed by atoms with Crippen molar-refractivity contribution in [3.63, 3.8) is 0 Å². The number of carbonyl (C=O) groups is 1. The van der Waals surface area contributed by atoms with Gasteiger partial charge in [-0.25, -0.2) is 0 Å². The fourth-order valence-corrected chi connectivity index (χ4v) is 1.65. The lowest BCUT2D eigenvalue weighted by Gasteiger charge is -2.11. The third kappa shape index (κ3) is 6.45. The first kappa shape index (κ1) is 15.8. The Morgan fingerprint density at radius 2 is 1.84 bits per heavy atom. The first-order chi connectivity index (χ1) is 9.01. The summed E-state index contributed by atoms with van der Waals surface area (Å²) >= 11 is 5.50. The number of nitrogens with one attached hydrogen (secondary N) is 2. The summed E-state index contributed by atoms with van der Waals surface area (Å²) in [5, 5.41) is 15.2. The smallest absolute Gasteiger partial charge is 0.224 e. The lowest BCUT2D eigenvalue weighted by Crippen LogP contribution is -2.20. The average molecular weight is 285 g/mol. The minimum atomic E-state index is -0.563. The number of halogens is 1. The SMILES string of the molecule is CC(C)CC(=O)Nc1ccc(NCC(O)CCl)cc1. The second-order valence-electron chi connectivity index (χ2n) is 4.91. The third-order valence-electron chi connectivity index (χ3n) is 2.48. The summed E-state index contributed by atoms with van der Waals surface area (Å²) in [4.78, 5) is 11.6. The highest BCUT2D eigenvalue weighted by Gasteiger charge is 2.05. The van der Waals surface area contributed by atoms with Crippen LogP contribution in [-0.2, 0) is 4.79 Å². The molecule has 0 bridgehead atoms. The predicted molar refractivity (Wildman–Crippen MR) is 79.7 cm³/mol. The molecule has 1 unspecified atom stereocenters. The van der Waals surface area contributed by atoms with Crippen molar-refractivity contribution in [2.75, 3.05) is 23.1 Å². The quantitative estimate of drug-likeness (QED) is 0.675. The number of hydrogen-bond donors (Lipinski definition) is 3. The van der Waals surface area contributed by atoms with Gasteiger partial charge in [-0.3, -0.25) is 4.79 Å². The zero-order chi connectivity index (χ0) is 14.3. The van der Waals surface area contributed by atoms with Crippen LogP contribution in [0, 0.1) is 5.92 Å². The van der Waals surface area contributed by atoms with Gasteiger partial charge in [-0.05, 0) is 30.2 Å². The van der Waals surface area contributed by atoms with Crippen LogP contribution < -0.4 is 10.6 Å². The molecule has 19 heavy (non-hydrogen) atoms. The number of benzene rings is 1. The Hall–Kier alpha value is -1.26. The highest BCUT2D eigenvalue weighted by molar-refractivity contribution is 6.18. The summed E-state index contributed by atoms with van der Waals surface area (Å²) in [7, 11) is 0. The van der Waals surface area contributed by atoms with E-state index >= 15 is 0 Å². The lowest BCUT2D eigenvalue weighted by atomic mass is 10.1. The minimum Gasteiger partial charge on any atom is -0.390 e. The molecular formula is C14H21ClN2O2. The van der Waals surface area contributed by atoms with Gasteiger partial charge in [0.1, 0.15) is 0 Å². The van der Waals surface area contributed by atoms with Crippen molar-refractivity contribution in [1.82, 2.24) is 0 Å². The first-order valence-electron chi connectivity index (χ1n) is 6.39. The highest BCUT2D eigenvalue weighted by atomic mass is 35.5. The summed E-state index contributed by atoms with van der Waals surface area (Å²) in [5.41, 5.74) is 1.65. The topological polar surface area (TPSA) is 61.4 Å². The number of carbonyl (C=O) groups excluding carboxylic acids is 1.